The first-order valence-electron chi connectivity index (χ1n) is 5.87. The molecular formula is C13H15NO2. The minimum atomic E-state index is -0.340. The summed E-state index contributed by atoms with van der Waals surface area (Å²) in [5.74, 6) is 0. The number of anilines is 1. The van der Waals surface area contributed by atoms with E-state index in [1.54, 1.807) is 0 Å². The van der Waals surface area contributed by atoms with E-state index in [4.69, 9.17) is 0 Å². The number of rotatable bonds is 2. The zero-order valence-corrected chi connectivity index (χ0v) is 9.12. The van der Waals surface area contributed by atoms with E-state index in [0.717, 1.165) is 55.3 Å². The molecule has 1 unspecified atom stereocenters. The Morgan fingerprint density at radius 3 is 3.00 bits per heavy atom. The van der Waals surface area contributed by atoms with Crippen LogP contribution in [0.4, 0.5) is 5.69 Å². The van der Waals surface area contributed by atoms with Gasteiger partial charge in [0.1, 0.15) is 0 Å². The number of amides is 1. The first-order chi connectivity index (χ1) is 7.81. The van der Waals surface area contributed by atoms with Crippen molar-refractivity contribution in [1.82, 2.24) is 0 Å². The molecular weight excluding hydrogens is 202 g/mol. The highest BCUT2D eigenvalue weighted by molar-refractivity contribution is 5.79. The molecule has 2 aliphatic carbocycles. The van der Waals surface area contributed by atoms with Gasteiger partial charge in [-0.05, 0) is 54.4 Å². The minimum absolute atomic E-state index is 0.340. The predicted molar refractivity (Wildman–Crippen MR) is 61.4 cm³/mol. The lowest BCUT2D eigenvalue weighted by Gasteiger charge is -2.14. The maximum Gasteiger partial charge on any atom is 0.211 e. The molecule has 0 bridgehead atoms. The molecule has 0 aliphatic heterocycles. The van der Waals surface area contributed by atoms with Gasteiger partial charge in [-0.3, -0.25) is 4.79 Å². The molecule has 0 spiro atoms. The van der Waals surface area contributed by atoms with Crippen LogP contribution in [0.2, 0.25) is 0 Å². The van der Waals surface area contributed by atoms with Gasteiger partial charge in [-0.15, -0.1) is 0 Å². The van der Waals surface area contributed by atoms with Crippen molar-refractivity contribution in [1.29, 1.82) is 0 Å². The van der Waals surface area contributed by atoms with Gasteiger partial charge < -0.3 is 10.4 Å². The van der Waals surface area contributed by atoms with E-state index < -0.39 is 0 Å². The molecule has 1 amide bonds. The van der Waals surface area contributed by atoms with Crippen LogP contribution in [-0.2, 0) is 24.1 Å². The number of nitrogens with one attached hydrogen (secondary N) is 1. The third-order valence-electron chi connectivity index (χ3n) is 3.77. The zero-order chi connectivity index (χ0) is 11.1. The predicted octanol–water partition coefficient (Wildman–Crippen LogP) is 1.72. The number of aliphatic hydroxyl groups is 1. The third-order valence-corrected chi connectivity index (χ3v) is 3.77. The summed E-state index contributed by atoms with van der Waals surface area (Å²) in [4.78, 5) is 10.7. The minimum Gasteiger partial charge on any atom is -0.388 e. The second kappa shape index (κ2) is 3.59. The lowest BCUT2D eigenvalue weighted by atomic mass is 9.98. The highest BCUT2D eigenvalue weighted by atomic mass is 16.3. The van der Waals surface area contributed by atoms with Crippen molar-refractivity contribution in [2.45, 2.75) is 38.2 Å². The number of aliphatic hydroxyl groups excluding tert-OH is 1. The average Bonchev–Trinajstić information content (AvgIpc) is 2.87. The number of hydrogen-bond donors (Lipinski definition) is 2. The normalized spacial score (nSPS) is 21.7. The SMILES string of the molecule is O=CNc1c2c(cc3c1CCC3O)CCC2. The Labute approximate surface area is 94.5 Å². The number of aryl methyl sites for hydroxylation is 1. The molecule has 0 radical (unpaired) electrons. The Balaban J connectivity index is 2.20. The largest absolute Gasteiger partial charge is 0.388 e. The monoisotopic (exact) mass is 217 g/mol. The number of benzene rings is 1. The standard InChI is InChI=1S/C13H15NO2/c15-7-14-13-9-3-1-2-8(9)6-11-10(13)4-5-12(11)16/h6-7,12,16H,1-5H2,(H,14,15). The molecule has 1 atom stereocenters. The fraction of sp³-hybridized carbons (Fsp3) is 0.462. The highest BCUT2D eigenvalue weighted by Crippen LogP contribution is 2.41. The molecule has 1 aromatic rings. The van der Waals surface area contributed by atoms with E-state index >= 15 is 0 Å². The molecule has 84 valence electrons. The summed E-state index contributed by atoms with van der Waals surface area (Å²) >= 11 is 0. The van der Waals surface area contributed by atoms with Gasteiger partial charge in [-0.1, -0.05) is 6.07 Å². The maximum atomic E-state index is 10.7. The fourth-order valence-corrected chi connectivity index (χ4v) is 3.05. The van der Waals surface area contributed by atoms with Crippen LogP contribution in [0.1, 0.15) is 41.2 Å². The molecule has 0 saturated carbocycles. The average molecular weight is 217 g/mol. The Hall–Kier alpha value is -1.35. The summed E-state index contributed by atoms with van der Waals surface area (Å²) in [7, 11) is 0. The number of hydrogen-bond acceptors (Lipinski definition) is 2. The summed E-state index contributed by atoms with van der Waals surface area (Å²) < 4.78 is 0. The van der Waals surface area contributed by atoms with Crippen LogP contribution in [-0.4, -0.2) is 11.5 Å². The molecule has 3 nitrogen and oxygen atoms in total. The summed E-state index contributed by atoms with van der Waals surface area (Å²) in [6.45, 7) is 0. The first kappa shape index (κ1) is 9.85. The van der Waals surface area contributed by atoms with Crippen molar-refractivity contribution >= 4 is 12.1 Å². The molecule has 3 rings (SSSR count). The van der Waals surface area contributed by atoms with Gasteiger partial charge in [0, 0.05) is 5.69 Å². The van der Waals surface area contributed by atoms with Crippen LogP contribution < -0.4 is 5.32 Å². The van der Waals surface area contributed by atoms with Crippen LogP contribution in [0.3, 0.4) is 0 Å². The molecule has 2 aliphatic rings. The van der Waals surface area contributed by atoms with Crippen molar-refractivity contribution in [3.8, 4) is 0 Å². The van der Waals surface area contributed by atoms with E-state index in [9.17, 15) is 9.90 Å². The molecule has 0 fully saturated rings. The molecule has 1 aromatic carbocycles. The molecule has 0 saturated heterocycles. The summed E-state index contributed by atoms with van der Waals surface area (Å²) in [6.07, 6.45) is 5.35. The number of carbonyl (C=O) groups is 1. The van der Waals surface area contributed by atoms with Crippen molar-refractivity contribution < 1.29 is 9.90 Å². The molecule has 0 aromatic heterocycles. The van der Waals surface area contributed by atoms with Crippen LogP contribution in [0.25, 0.3) is 0 Å². The second-order valence-corrected chi connectivity index (χ2v) is 4.63. The summed E-state index contributed by atoms with van der Waals surface area (Å²) in [5.41, 5.74) is 5.77. The Kier molecular flexibility index (Phi) is 2.21. The van der Waals surface area contributed by atoms with Gasteiger partial charge >= 0.3 is 0 Å². The second-order valence-electron chi connectivity index (χ2n) is 4.63. The van der Waals surface area contributed by atoms with Gasteiger partial charge in [0.25, 0.3) is 0 Å². The highest BCUT2D eigenvalue weighted by Gasteiger charge is 2.28. The maximum absolute atomic E-state index is 10.7. The quantitative estimate of drug-likeness (QED) is 0.741. The molecule has 16 heavy (non-hydrogen) atoms. The van der Waals surface area contributed by atoms with Crippen molar-refractivity contribution in [2.24, 2.45) is 0 Å². The van der Waals surface area contributed by atoms with E-state index in [2.05, 4.69) is 11.4 Å². The zero-order valence-electron chi connectivity index (χ0n) is 9.12. The van der Waals surface area contributed by atoms with Crippen LogP contribution in [0.5, 0.6) is 0 Å². The molecule has 2 N–H and O–H groups in total. The lowest BCUT2D eigenvalue weighted by Crippen LogP contribution is -2.04. The molecule has 0 heterocycles. The Morgan fingerprint density at radius 2 is 2.19 bits per heavy atom. The molecule has 3 heteroatoms. The topological polar surface area (TPSA) is 49.3 Å². The van der Waals surface area contributed by atoms with Crippen LogP contribution >= 0.6 is 0 Å². The van der Waals surface area contributed by atoms with Crippen molar-refractivity contribution in [3.63, 3.8) is 0 Å². The first-order valence-corrected chi connectivity index (χ1v) is 5.87. The lowest BCUT2D eigenvalue weighted by molar-refractivity contribution is -0.105. The number of carbonyl (C=O) groups excluding carboxylic acids is 1. The van der Waals surface area contributed by atoms with Gasteiger partial charge in [0.15, 0.2) is 0 Å². The Bertz CT molecular complexity index is 454. The van der Waals surface area contributed by atoms with E-state index in [-0.39, 0.29) is 6.10 Å². The summed E-state index contributed by atoms with van der Waals surface area (Å²) in [5, 5.41) is 12.7. The van der Waals surface area contributed by atoms with Gasteiger partial charge in [0.2, 0.25) is 6.41 Å². The van der Waals surface area contributed by atoms with Crippen LogP contribution in [0.15, 0.2) is 6.07 Å². The van der Waals surface area contributed by atoms with Gasteiger partial charge in [-0.2, -0.15) is 0 Å². The van der Waals surface area contributed by atoms with Crippen LogP contribution in [0, 0.1) is 0 Å². The third kappa shape index (κ3) is 1.28. The van der Waals surface area contributed by atoms with E-state index in [0.29, 0.717) is 0 Å². The van der Waals surface area contributed by atoms with E-state index in [1.165, 1.54) is 11.1 Å². The number of fused-ring (bicyclic) bond motifs is 2. The van der Waals surface area contributed by atoms with Gasteiger partial charge in [-0.25, -0.2) is 0 Å². The van der Waals surface area contributed by atoms with Crippen molar-refractivity contribution in [2.75, 3.05) is 5.32 Å². The Morgan fingerprint density at radius 1 is 1.31 bits per heavy atom. The van der Waals surface area contributed by atoms with E-state index in [1.807, 2.05) is 0 Å². The fourth-order valence-electron chi connectivity index (χ4n) is 3.05. The summed E-state index contributed by atoms with van der Waals surface area (Å²) in [6, 6.07) is 2.14. The smallest absolute Gasteiger partial charge is 0.211 e. The van der Waals surface area contributed by atoms with Gasteiger partial charge in [0.05, 0.1) is 6.10 Å². The van der Waals surface area contributed by atoms with Crippen molar-refractivity contribution in [3.05, 3.63) is 28.3 Å².